The lowest BCUT2D eigenvalue weighted by atomic mass is 9.94. The topological polar surface area (TPSA) is 12.0 Å². The van der Waals surface area contributed by atoms with Gasteiger partial charge < -0.3 is 5.32 Å². The Labute approximate surface area is 70.9 Å². The fourth-order valence-corrected chi connectivity index (χ4v) is 1.43. The molecule has 1 nitrogen and oxygen atoms in total. The van der Waals surface area contributed by atoms with Crippen molar-refractivity contribution in [2.45, 2.75) is 27.2 Å². The molecule has 0 radical (unpaired) electrons. The van der Waals surface area contributed by atoms with Gasteiger partial charge in [0.1, 0.15) is 0 Å². The van der Waals surface area contributed by atoms with Crippen LogP contribution >= 0.6 is 0 Å². The van der Waals surface area contributed by atoms with Crippen LogP contribution in [-0.2, 0) is 0 Å². The molecule has 1 heterocycles. The van der Waals surface area contributed by atoms with E-state index in [2.05, 4.69) is 25.7 Å². The Morgan fingerprint density at radius 1 is 1.27 bits per heavy atom. The molecule has 66 valence electrons. The van der Waals surface area contributed by atoms with Crippen molar-refractivity contribution in [3.8, 4) is 0 Å². The van der Waals surface area contributed by atoms with Gasteiger partial charge in [-0.15, -0.1) is 6.58 Å². The summed E-state index contributed by atoms with van der Waals surface area (Å²) in [5, 5.41) is 3.38. The number of hydrogen-bond acceptors (Lipinski definition) is 1. The van der Waals surface area contributed by atoms with E-state index in [9.17, 15) is 0 Å². The Morgan fingerprint density at radius 2 is 1.64 bits per heavy atom. The van der Waals surface area contributed by atoms with Gasteiger partial charge in [0.15, 0.2) is 0 Å². The van der Waals surface area contributed by atoms with Crippen molar-refractivity contribution in [2.75, 3.05) is 13.1 Å². The van der Waals surface area contributed by atoms with Crippen LogP contribution in [0.2, 0.25) is 0 Å². The molecule has 1 fully saturated rings. The first-order valence-electron chi connectivity index (χ1n) is 4.48. The molecule has 0 bridgehead atoms. The van der Waals surface area contributed by atoms with Gasteiger partial charge in [0.25, 0.3) is 0 Å². The summed E-state index contributed by atoms with van der Waals surface area (Å²) >= 11 is 0. The standard InChI is InChI=1S/C7H15N.C3H6/c1-6-3-7(2)5-8-4-6;1-3-2/h6-8H,3-5H2,1-2H3;3H,1H2,2H3. The van der Waals surface area contributed by atoms with Crippen molar-refractivity contribution in [2.24, 2.45) is 11.8 Å². The molecule has 0 spiro atoms. The highest BCUT2D eigenvalue weighted by Gasteiger charge is 2.12. The van der Waals surface area contributed by atoms with Crippen LogP contribution in [0.5, 0.6) is 0 Å². The van der Waals surface area contributed by atoms with Crippen molar-refractivity contribution < 1.29 is 0 Å². The largest absolute Gasteiger partial charge is 0.316 e. The lowest BCUT2D eigenvalue weighted by molar-refractivity contribution is 0.321. The Kier molecular flexibility index (Phi) is 6.24. The minimum Gasteiger partial charge on any atom is -0.316 e. The monoisotopic (exact) mass is 155 g/mol. The predicted molar refractivity (Wildman–Crippen MR) is 51.7 cm³/mol. The first-order valence-corrected chi connectivity index (χ1v) is 4.48. The Bertz CT molecular complexity index is 91.0. The maximum atomic E-state index is 3.38. The molecule has 1 rings (SSSR count). The van der Waals surface area contributed by atoms with E-state index in [1.807, 2.05) is 6.92 Å². The summed E-state index contributed by atoms with van der Waals surface area (Å²) in [6, 6.07) is 0. The van der Waals surface area contributed by atoms with Crippen molar-refractivity contribution >= 4 is 0 Å². The number of nitrogens with one attached hydrogen (secondary N) is 1. The summed E-state index contributed by atoms with van der Waals surface area (Å²) in [4.78, 5) is 0. The zero-order chi connectivity index (χ0) is 8.69. The lowest BCUT2D eigenvalue weighted by Gasteiger charge is -2.24. The summed E-state index contributed by atoms with van der Waals surface area (Å²) in [6.07, 6.45) is 3.16. The zero-order valence-electron chi connectivity index (χ0n) is 8.06. The molecular weight excluding hydrogens is 134 g/mol. The number of hydrogen-bond donors (Lipinski definition) is 1. The van der Waals surface area contributed by atoms with Crippen molar-refractivity contribution in [1.29, 1.82) is 0 Å². The van der Waals surface area contributed by atoms with Gasteiger partial charge in [0, 0.05) is 0 Å². The van der Waals surface area contributed by atoms with E-state index in [0.717, 1.165) is 11.8 Å². The molecular formula is C10H21N. The molecule has 1 saturated heterocycles. The third-order valence-corrected chi connectivity index (χ3v) is 1.79. The second kappa shape index (κ2) is 6.41. The summed E-state index contributed by atoms with van der Waals surface area (Å²) in [7, 11) is 0. The second-order valence-electron chi connectivity index (χ2n) is 3.51. The molecule has 1 N–H and O–H groups in total. The minimum atomic E-state index is 0.902. The minimum absolute atomic E-state index is 0.902. The van der Waals surface area contributed by atoms with Gasteiger partial charge in [-0.3, -0.25) is 0 Å². The van der Waals surface area contributed by atoms with Gasteiger partial charge in [-0.2, -0.15) is 0 Å². The van der Waals surface area contributed by atoms with E-state index in [1.165, 1.54) is 19.5 Å². The van der Waals surface area contributed by atoms with Crippen LogP contribution in [0.1, 0.15) is 27.2 Å². The summed E-state index contributed by atoms with van der Waals surface area (Å²) in [5.41, 5.74) is 0. The Morgan fingerprint density at radius 3 is 1.82 bits per heavy atom. The third kappa shape index (κ3) is 6.11. The van der Waals surface area contributed by atoms with E-state index in [-0.39, 0.29) is 0 Å². The highest BCUT2D eigenvalue weighted by molar-refractivity contribution is 4.69. The van der Waals surface area contributed by atoms with Crippen molar-refractivity contribution in [3.05, 3.63) is 12.7 Å². The van der Waals surface area contributed by atoms with E-state index >= 15 is 0 Å². The van der Waals surface area contributed by atoms with Gasteiger partial charge in [-0.05, 0) is 38.3 Å². The highest BCUT2D eigenvalue weighted by atomic mass is 14.9. The molecule has 0 aromatic rings. The van der Waals surface area contributed by atoms with Crippen LogP contribution in [-0.4, -0.2) is 13.1 Å². The van der Waals surface area contributed by atoms with Gasteiger partial charge >= 0.3 is 0 Å². The third-order valence-electron chi connectivity index (χ3n) is 1.79. The van der Waals surface area contributed by atoms with Crippen molar-refractivity contribution in [1.82, 2.24) is 5.32 Å². The number of allylic oxidation sites excluding steroid dienone is 1. The SMILES string of the molecule is C=CC.CC1CNCC(C)C1. The maximum Gasteiger partial charge on any atom is -0.00229 e. The van der Waals surface area contributed by atoms with Crippen LogP contribution in [0, 0.1) is 11.8 Å². The van der Waals surface area contributed by atoms with Crippen LogP contribution in [0.4, 0.5) is 0 Å². The molecule has 2 unspecified atom stereocenters. The van der Waals surface area contributed by atoms with E-state index in [1.54, 1.807) is 6.08 Å². The molecule has 1 heteroatoms. The molecule has 0 saturated carbocycles. The molecule has 0 aliphatic carbocycles. The Balaban J connectivity index is 0.000000292. The van der Waals surface area contributed by atoms with E-state index in [4.69, 9.17) is 0 Å². The normalized spacial score (nSPS) is 30.1. The fourth-order valence-electron chi connectivity index (χ4n) is 1.43. The maximum absolute atomic E-state index is 3.38. The van der Waals surface area contributed by atoms with Crippen molar-refractivity contribution in [3.63, 3.8) is 0 Å². The molecule has 1 aliphatic rings. The molecule has 0 aromatic carbocycles. The summed E-state index contributed by atoms with van der Waals surface area (Å²) < 4.78 is 0. The fraction of sp³-hybridized carbons (Fsp3) is 0.800. The molecule has 11 heavy (non-hydrogen) atoms. The van der Waals surface area contributed by atoms with E-state index < -0.39 is 0 Å². The van der Waals surface area contributed by atoms with Crippen LogP contribution in [0.25, 0.3) is 0 Å². The van der Waals surface area contributed by atoms with Gasteiger partial charge in [0.2, 0.25) is 0 Å². The second-order valence-corrected chi connectivity index (χ2v) is 3.51. The van der Waals surface area contributed by atoms with E-state index in [0.29, 0.717) is 0 Å². The van der Waals surface area contributed by atoms with Crippen LogP contribution in [0.15, 0.2) is 12.7 Å². The van der Waals surface area contributed by atoms with Gasteiger partial charge in [-0.1, -0.05) is 19.9 Å². The van der Waals surface area contributed by atoms with Gasteiger partial charge in [0.05, 0.1) is 0 Å². The summed E-state index contributed by atoms with van der Waals surface area (Å²) in [5.74, 6) is 1.80. The molecule has 2 atom stereocenters. The average molecular weight is 155 g/mol. The first kappa shape index (κ1) is 10.7. The smallest absolute Gasteiger partial charge is 0.00229 e. The Hall–Kier alpha value is -0.300. The average Bonchev–Trinajstić information content (AvgIpc) is 1.88. The quantitative estimate of drug-likeness (QED) is 0.530. The van der Waals surface area contributed by atoms with Crippen LogP contribution < -0.4 is 5.32 Å². The highest BCUT2D eigenvalue weighted by Crippen LogP contribution is 2.13. The number of rotatable bonds is 0. The lowest BCUT2D eigenvalue weighted by Crippen LogP contribution is -2.33. The predicted octanol–water partition coefficient (Wildman–Crippen LogP) is 2.44. The molecule has 0 amide bonds. The summed E-state index contributed by atoms with van der Waals surface area (Å²) in [6.45, 7) is 12.3. The molecule has 0 aromatic heterocycles. The van der Waals surface area contributed by atoms with Crippen LogP contribution in [0.3, 0.4) is 0 Å². The van der Waals surface area contributed by atoms with Gasteiger partial charge in [-0.25, -0.2) is 0 Å². The first-order chi connectivity index (χ1) is 5.20. The zero-order valence-corrected chi connectivity index (χ0v) is 8.06. The molecule has 1 aliphatic heterocycles. The number of piperidine rings is 1.